The molecule has 0 unspecified atom stereocenters. The lowest BCUT2D eigenvalue weighted by molar-refractivity contribution is 0.668. The molecule has 0 saturated carbocycles. The van der Waals surface area contributed by atoms with Gasteiger partial charge < -0.3 is 8.83 Å². The van der Waals surface area contributed by atoms with Crippen LogP contribution in [0.1, 0.15) is 0 Å². The second-order valence-electron chi connectivity index (χ2n) is 12.8. The van der Waals surface area contributed by atoms with E-state index in [9.17, 15) is 0 Å². The summed E-state index contributed by atoms with van der Waals surface area (Å²) in [7, 11) is 0. The van der Waals surface area contributed by atoms with Crippen LogP contribution in [0.4, 0.5) is 0 Å². The van der Waals surface area contributed by atoms with E-state index in [-0.39, 0.29) is 0 Å². The highest BCUT2D eigenvalue weighted by Gasteiger charge is 2.19. The van der Waals surface area contributed by atoms with Crippen molar-refractivity contribution in [1.82, 2.24) is 15.0 Å². The van der Waals surface area contributed by atoms with Crippen molar-refractivity contribution in [3.8, 4) is 45.3 Å². The molecule has 11 aromatic rings. The molecule has 0 amide bonds. The molecule has 0 aliphatic carbocycles. The van der Waals surface area contributed by atoms with E-state index < -0.39 is 0 Å². The predicted octanol–water partition coefficient (Wildman–Crippen LogP) is 12.7. The minimum absolute atomic E-state index is 0.572. The third-order valence-corrected chi connectivity index (χ3v) is 10.9. The molecule has 0 spiro atoms. The number of aromatic nitrogens is 3. The maximum atomic E-state index is 6.49. The van der Waals surface area contributed by atoms with Crippen LogP contribution >= 0.6 is 11.3 Å². The zero-order valence-electron chi connectivity index (χ0n) is 27.0. The Hall–Kier alpha value is -6.63. The normalized spacial score (nSPS) is 11.9. The van der Waals surface area contributed by atoms with E-state index in [0.29, 0.717) is 17.5 Å². The quantitative estimate of drug-likeness (QED) is 0.186. The first-order chi connectivity index (χ1) is 25.2. The summed E-state index contributed by atoms with van der Waals surface area (Å²) in [5, 5.41) is 6.72. The molecule has 0 radical (unpaired) electrons. The summed E-state index contributed by atoms with van der Waals surface area (Å²) in [5.74, 6) is 1.76. The van der Waals surface area contributed by atoms with Gasteiger partial charge in [0.05, 0.1) is 0 Å². The number of thiophene rings is 1. The summed E-state index contributed by atoms with van der Waals surface area (Å²) in [5.41, 5.74) is 8.30. The number of benzene rings is 7. The van der Waals surface area contributed by atoms with E-state index in [1.54, 1.807) is 0 Å². The second kappa shape index (κ2) is 10.9. The highest BCUT2D eigenvalue weighted by atomic mass is 32.1. The number of hydrogen-bond donors (Lipinski definition) is 0. The van der Waals surface area contributed by atoms with E-state index in [0.717, 1.165) is 60.6 Å². The number of rotatable bonds is 4. The van der Waals surface area contributed by atoms with Crippen molar-refractivity contribution in [2.75, 3.05) is 0 Å². The van der Waals surface area contributed by atoms with Crippen molar-refractivity contribution in [2.24, 2.45) is 0 Å². The van der Waals surface area contributed by atoms with Crippen LogP contribution in [0, 0.1) is 0 Å². The minimum atomic E-state index is 0.572. The first-order valence-electron chi connectivity index (χ1n) is 16.8. The van der Waals surface area contributed by atoms with Crippen molar-refractivity contribution in [1.29, 1.82) is 0 Å². The van der Waals surface area contributed by atoms with Crippen molar-refractivity contribution in [3.63, 3.8) is 0 Å². The molecule has 0 saturated heterocycles. The number of furan rings is 2. The topological polar surface area (TPSA) is 65.0 Å². The minimum Gasteiger partial charge on any atom is -0.456 e. The third-order valence-electron chi connectivity index (χ3n) is 9.75. The van der Waals surface area contributed by atoms with Gasteiger partial charge in [-0.15, -0.1) is 11.3 Å². The molecule has 11 rings (SSSR count). The van der Waals surface area contributed by atoms with Crippen molar-refractivity contribution < 1.29 is 8.83 Å². The molecule has 51 heavy (non-hydrogen) atoms. The largest absolute Gasteiger partial charge is 0.456 e. The zero-order chi connectivity index (χ0) is 33.5. The summed E-state index contributed by atoms with van der Waals surface area (Å²) in [6.45, 7) is 0. The standard InChI is InChI=1S/C45H25N3O2S/c1-2-10-26(11-3-1)43-46-44(48-45(47-43)33-15-8-17-37-41(33)31-12-4-6-16-35(31)49-37)28-20-22-30-34-24-27(21-23-36(34)50-38(30)25-28)29-14-9-19-40-42(29)32-13-5-7-18-39(32)51-40/h1-25H. The highest BCUT2D eigenvalue weighted by molar-refractivity contribution is 7.25. The Morgan fingerprint density at radius 2 is 1.02 bits per heavy atom. The molecule has 4 aromatic heterocycles. The second-order valence-corrected chi connectivity index (χ2v) is 13.8. The van der Waals surface area contributed by atoms with Gasteiger partial charge in [0.1, 0.15) is 22.3 Å². The van der Waals surface area contributed by atoms with Gasteiger partial charge in [-0.3, -0.25) is 0 Å². The van der Waals surface area contributed by atoms with Crippen LogP contribution in [-0.4, -0.2) is 15.0 Å². The molecule has 0 bridgehead atoms. The van der Waals surface area contributed by atoms with Gasteiger partial charge in [-0.25, -0.2) is 15.0 Å². The number of fused-ring (bicyclic) bond motifs is 9. The van der Waals surface area contributed by atoms with Gasteiger partial charge in [0.2, 0.25) is 0 Å². The first-order valence-corrected chi connectivity index (χ1v) is 17.7. The Balaban J connectivity index is 1.08. The summed E-state index contributed by atoms with van der Waals surface area (Å²) in [4.78, 5) is 15.1. The molecule has 0 atom stereocenters. The fourth-order valence-electron chi connectivity index (χ4n) is 7.40. The number of hydrogen-bond acceptors (Lipinski definition) is 6. The lowest BCUT2D eigenvalue weighted by atomic mass is 9.98. The Bertz CT molecular complexity index is 3160. The smallest absolute Gasteiger partial charge is 0.164 e. The van der Waals surface area contributed by atoms with Crippen LogP contribution in [0.5, 0.6) is 0 Å². The summed E-state index contributed by atoms with van der Waals surface area (Å²) >= 11 is 1.84. The van der Waals surface area contributed by atoms with Crippen molar-refractivity contribution in [3.05, 3.63) is 152 Å². The Morgan fingerprint density at radius 1 is 0.353 bits per heavy atom. The lowest BCUT2D eigenvalue weighted by Crippen LogP contribution is -2.00. The monoisotopic (exact) mass is 671 g/mol. The van der Waals surface area contributed by atoms with Gasteiger partial charge >= 0.3 is 0 Å². The predicted molar refractivity (Wildman–Crippen MR) is 209 cm³/mol. The van der Waals surface area contributed by atoms with Gasteiger partial charge in [-0.1, -0.05) is 103 Å². The van der Waals surface area contributed by atoms with Crippen LogP contribution < -0.4 is 0 Å². The molecule has 0 aliphatic heterocycles. The van der Waals surface area contributed by atoms with Gasteiger partial charge in [-0.2, -0.15) is 0 Å². The third kappa shape index (κ3) is 4.43. The molecule has 4 heterocycles. The summed E-state index contributed by atoms with van der Waals surface area (Å²) in [6.07, 6.45) is 0. The van der Waals surface area contributed by atoms with Crippen LogP contribution in [0.15, 0.2) is 160 Å². The molecule has 0 N–H and O–H groups in total. The summed E-state index contributed by atoms with van der Waals surface area (Å²) < 4.78 is 15.3. The Morgan fingerprint density at radius 3 is 1.94 bits per heavy atom. The van der Waals surface area contributed by atoms with Gasteiger partial charge in [0, 0.05) is 58.4 Å². The van der Waals surface area contributed by atoms with E-state index in [1.165, 1.54) is 31.3 Å². The molecule has 238 valence electrons. The lowest BCUT2D eigenvalue weighted by Gasteiger charge is -2.09. The number of nitrogens with zero attached hydrogens (tertiary/aromatic N) is 3. The Kier molecular flexibility index (Phi) is 6.05. The van der Waals surface area contributed by atoms with Crippen LogP contribution in [0.3, 0.4) is 0 Å². The average Bonchev–Trinajstić information content (AvgIpc) is 3.88. The Labute approximate surface area is 295 Å². The fourth-order valence-corrected chi connectivity index (χ4v) is 8.53. The molecule has 5 nitrogen and oxygen atoms in total. The van der Waals surface area contributed by atoms with E-state index in [4.69, 9.17) is 23.8 Å². The maximum absolute atomic E-state index is 6.49. The molecule has 0 fully saturated rings. The van der Waals surface area contributed by atoms with Crippen LogP contribution in [0.25, 0.3) is 109 Å². The first kappa shape index (κ1) is 28.2. The van der Waals surface area contributed by atoms with E-state index in [1.807, 2.05) is 78.1 Å². The van der Waals surface area contributed by atoms with Gasteiger partial charge in [0.15, 0.2) is 17.5 Å². The maximum Gasteiger partial charge on any atom is 0.164 e. The average molecular weight is 672 g/mol. The molecular weight excluding hydrogens is 647 g/mol. The highest BCUT2D eigenvalue weighted by Crippen LogP contribution is 2.42. The van der Waals surface area contributed by atoms with Gasteiger partial charge in [0.25, 0.3) is 0 Å². The van der Waals surface area contributed by atoms with Gasteiger partial charge in [-0.05, 0) is 59.7 Å². The van der Waals surface area contributed by atoms with Crippen molar-refractivity contribution >= 4 is 75.4 Å². The SMILES string of the molecule is c1ccc(-c2nc(-c3ccc4c(c3)oc3ccc(-c5cccc6sc7ccccc7c56)cc34)nc(-c3cccc4oc5ccccc5c34)n2)cc1. The molecule has 6 heteroatoms. The number of para-hydroxylation sites is 1. The molecular formula is C45H25N3O2S. The molecule has 7 aromatic carbocycles. The van der Waals surface area contributed by atoms with E-state index >= 15 is 0 Å². The summed E-state index contributed by atoms with van der Waals surface area (Å²) in [6, 6.07) is 52.1. The fraction of sp³-hybridized carbons (Fsp3) is 0. The van der Waals surface area contributed by atoms with Crippen molar-refractivity contribution in [2.45, 2.75) is 0 Å². The van der Waals surface area contributed by atoms with E-state index in [2.05, 4.69) is 84.9 Å². The molecule has 0 aliphatic rings. The zero-order valence-corrected chi connectivity index (χ0v) is 27.8. The van der Waals surface area contributed by atoms with Crippen LogP contribution in [0.2, 0.25) is 0 Å². The van der Waals surface area contributed by atoms with Crippen LogP contribution in [-0.2, 0) is 0 Å².